The quantitative estimate of drug-likeness (QED) is 0.306. The predicted octanol–water partition coefficient (Wildman–Crippen LogP) is 2.13. The van der Waals surface area contributed by atoms with Crippen molar-refractivity contribution in [1.29, 1.82) is 0 Å². The van der Waals surface area contributed by atoms with Crippen LogP contribution < -0.4 is 0 Å². The van der Waals surface area contributed by atoms with E-state index in [2.05, 4.69) is 0 Å². The van der Waals surface area contributed by atoms with Gasteiger partial charge in [-0.25, -0.2) is 0 Å². The number of unbranched alkanes of at least 4 members (excludes halogenated alkanes) is 2. The second-order valence-corrected chi connectivity index (χ2v) is 5.90. The fourth-order valence-corrected chi connectivity index (χ4v) is 3.09. The van der Waals surface area contributed by atoms with Gasteiger partial charge < -0.3 is 18.3 Å². The van der Waals surface area contributed by atoms with E-state index in [4.69, 9.17) is 18.3 Å². The Labute approximate surface area is 106 Å². The van der Waals surface area contributed by atoms with Crippen molar-refractivity contribution in [2.45, 2.75) is 45.3 Å². The third-order valence-corrected chi connectivity index (χ3v) is 4.47. The van der Waals surface area contributed by atoms with E-state index >= 15 is 0 Å². The lowest BCUT2D eigenvalue weighted by Gasteiger charge is -2.12. The molecule has 17 heavy (non-hydrogen) atoms. The van der Waals surface area contributed by atoms with Crippen molar-refractivity contribution < 1.29 is 18.3 Å². The van der Waals surface area contributed by atoms with Crippen molar-refractivity contribution in [1.82, 2.24) is 0 Å². The maximum absolute atomic E-state index is 5.58. The Morgan fingerprint density at radius 3 is 2.41 bits per heavy atom. The highest BCUT2D eigenvalue weighted by Crippen LogP contribution is 2.10. The van der Waals surface area contributed by atoms with Gasteiger partial charge in [-0.2, -0.15) is 0 Å². The van der Waals surface area contributed by atoms with E-state index in [1.165, 1.54) is 12.8 Å². The van der Waals surface area contributed by atoms with Gasteiger partial charge in [0.05, 0.1) is 13.2 Å². The Morgan fingerprint density at radius 1 is 1.12 bits per heavy atom. The van der Waals surface area contributed by atoms with E-state index in [0.717, 1.165) is 45.5 Å². The summed E-state index contributed by atoms with van der Waals surface area (Å²) in [5.41, 5.74) is 0. The lowest BCUT2D eigenvalue weighted by Crippen LogP contribution is -2.22. The van der Waals surface area contributed by atoms with Crippen LogP contribution in [0.4, 0.5) is 0 Å². The molecule has 0 aromatic rings. The van der Waals surface area contributed by atoms with Gasteiger partial charge in [-0.05, 0) is 26.3 Å². The molecule has 1 aliphatic heterocycles. The van der Waals surface area contributed by atoms with Crippen LogP contribution >= 0.6 is 0 Å². The maximum atomic E-state index is 5.58. The molecule has 1 heterocycles. The minimum Gasteiger partial charge on any atom is -0.394 e. The van der Waals surface area contributed by atoms with Crippen LogP contribution in [0.15, 0.2) is 0 Å². The summed E-state index contributed by atoms with van der Waals surface area (Å²) in [4.78, 5) is 0. The smallest absolute Gasteiger partial charge is 0.384 e. The highest BCUT2D eigenvalue weighted by molar-refractivity contribution is 6.44. The Kier molecular flexibility index (Phi) is 8.91. The number of hydrogen-bond acceptors (Lipinski definition) is 4. The fraction of sp³-hybridized carbons (Fsp3) is 1.00. The van der Waals surface area contributed by atoms with E-state index < -0.39 is 9.28 Å². The molecule has 5 heteroatoms. The molecule has 1 fully saturated rings. The first kappa shape index (κ1) is 15.1. The minimum absolute atomic E-state index is 0.390. The van der Waals surface area contributed by atoms with E-state index in [1.807, 2.05) is 13.8 Å². The number of rotatable bonds is 12. The Morgan fingerprint density at radius 2 is 1.82 bits per heavy atom. The monoisotopic (exact) mass is 261 g/mol. The summed E-state index contributed by atoms with van der Waals surface area (Å²) >= 11 is 0. The first-order valence-corrected chi connectivity index (χ1v) is 8.20. The molecule has 4 nitrogen and oxygen atoms in total. The molecule has 1 aliphatic rings. The molecule has 0 bridgehead atoms. The van der Waals surface area contributed by atoms with Crippen molar-refractivity contribution in [3.05, 3.63) is 0 Å². The molecule has 0 saturated carbocycles. The average molecular weight is 261 g/mol. The predicted molar refractivity (Wildman–Crippen MR) is 68.2 cm³/mol. The summed E-state index contributed by atoms with van der Waals surface area (Å²) in [6, 6.07) is 1.08. The molecule has 1 unspecified atom stereocenters. The standard InChI is InChI=1S/C12H25O4Si/c1-3-15-17(16-4-2)9-7-5-6-8-13-10-12-11-14-12/h12H,3-11H2,1-2H3. The molecular weight excluding hydrogens is 236 g/mol. The largest absolute Gasteiger partial charge is 0.394 e. The van der Waals surface area contributed by atoms with Crippen LogP contribution in [0.1, 0.15) is 33.1 Å². The summed E-state index contributed by atoms with van der Waals surface area (Å²) in [5.74, 6) is 0. The van der Waals surface area contributed by atoms with Gasteiger partial charge in [0, 0.05) is 19.8 Å². The van der Waals surface area contributed by atoms with Crippen molar-refractivity contribution in [3.8, 4) is 0 Å². The molecule has 1 radical (unpaired) electrons. The zero-order valence-corrected chi connectivity index (χ0v) is 12.1. The van der Waals surface area contributed by atoms with E-state index in [9.17, 15) is 0 Å². The van der Waals surface area contributed by atoms with Gasteiger partial charge in [0.2, 0.25) is 0 Å². The van der Waals surface area contributed by atoms with Crippen molar-refractivity contribution in [2.75, 3.05) is 33.0 Å². The molecule has 0 aromatic carbocycles. The zero-order valence-electron chi connectivity index (χ0n) is 11.1. The SMILES string of the molecule is CCO[Si](CCCCCOCC1CO1)OCC. The van der Waals surface area contributed by atoms with Gasteiger partial charge in [0.15, 0.2) is 0 Å². The normalized spacial score (nSPS) is 18.9. The summed E-state index contributed by atoms with van der Waals surface area (Å²) in [7, 11) is -1.00. The molecule has 0 N–H and O–H groups in total. The second-order valence-electron chi connectivity index (χ2n) is 4.08. The molecule has 0 amide bonds. The number of ether oxygens (including phenoxy) is 2. The summed E-state index contributed by atoms with van der Waals surface area (Å²) in [5, 5.41) is 0. The van der Waals surface area contributed by atoms with Gasteiger partial charge >= 0.3 is 9.28 Å². The Bertz CT molecular complexity index is 170. The molecular formula is C12H25O4Si. The Balaban J connectivity index is 1.82. The zero-order chi connectivity index (χ0) is 12.3. The molecule has 0 spiro atoms. The molecule has 0 aromatic heterocycles. The summed E-state index contributed by atoms with van der Waals surface area (Å²) in [6.07, 6.45) is 3.89. The lowest BCUT2D eigenvalue weighted by atomic mass is 10.3. The highest BCUT2D eigenvalue weighted by Gasteiger charge is 2.21. The maximum Gasteiger partial charge on any atom is 0.384 e. The molecule has 1 rings (SSSR count). The van der Waals surface area contributed by atoms with Crippen LogP contribution in [0.25, 0.3) is 0 Å². The van der Waals surface area contributed by atoms with E-state index in [1.54, 1.807) is 0 Å². The second kappa shape index (κ2) is 10.0. The van der Waals surface area contributed by atoms with Gasteiger partial charge in [-0.3, -0.25) is 0 Å². The minimum atomic E-state index is -1.00. The number of hydrogen-bond donors (Lipinski definition) is 0. The highest BCUT2D eigenvalue weighted by atomic mass is 28.3. The van der Waals surface area contributed by atoms with Gasteiger partial charge in [0.25, 0.3) is 0 Å². The first-order valence-electron chi connectivity index (χ1n) is 6.67. The van der Waals surface area contributed by atoms with E-state index in [-0.39, 0.29) is 0 Å². The lowest BCUT2D eigenvalue weighted by molar-refractivity contribution is 0.113. The molecule has 0 aliphatic carbocycles. The van der Waals surface area contributed by atoms with Crippen LogP contribution in [0.5, 0.6) is 0 Å². The first-order chi connectivity index (χ1) is 8.36. The van der Waals surface area contributed by atoms with Gasteiger partial charge in [-0.1, -0.05) is 12.8 Å². The molecule has 101 valence electrons. The van der Waals surface area contributed by atoms with Crippen LogP contribution in [0.3, 0.4) is 0 Å². The fourth-order valence-electron chi connectivity index (χ4n) is 1.54. The summed E-state index contributed by atoms with van der Waals surface area (Å²) < 4.78 is 21.7. The van der Waals surface area contributed by atoms with Gasteiger partial charge in [-0.15, -0.1) is 0 Å². The van der Waals surface area contributed by atoms with Crippen molar-refractivity contribution in [3.63, 3.8) is 0 Å². The van der Waals surface area contributed by atoms with Crippen LogP contribution in [0, 0.1) is 0 Å². The molecule has 1 saturated heterocycles. The van der Waals surface area contributed by atoms with Crippen molar-refractivity contribution in [2.24, 2.45) is 0 Å². The van der Waals surface area contributed by atoms with E-state index in [0.29, 0.717) is 6.10 Å². The average Bonchev–Trinajstić information content (AvgIpc) is 3.12. The molecule has 1 atom stereocenters. The van der Waals surface area contributed by atoms with Crippen molar-refractivity contribution >= 4 is 9.28 Å². The van der Waals surface area contributed by atoms with Crippen LogP contribution in [-0.4, -0.2) is 48.4 Å². The number of epoxide rings is 1. The Hall–Kier alpha value is 0.0569. The summed E-state index contributed by atoms with van der Waals surface area (Å²) in [6.45, 7) is 8.08. The third-order valence-electron chi connectivity index (χ3n) is 2.49. The topological polar surface area (TPSA) is 40.2 Å². The van der Waals surface area contributed by atoms with Gasteiger partial charge in [0.1, 0.15) is 6.10 Å². The van der Waals surface area contributed by atoms with Crippen LogP contribution in [-0.2, 0) is 18.3 Å². The van der Waals surface area contributed by atoms with Crippen LogP contribution in [0.2, 0.25) is 6.04 Å². The third kappa shape index (κ3) is 8.74.